The van der Waals surface area contributed by atoms with Crippen LogP contribution in [-0.4, -0.2) is 4.98 Å². The Kier molecular flexibility index (Phi) is 5.05. The molecule has 1 heterocycles. The van der Waals surface area contributed by atoms with Gasteiger partial charge >= 0.3 is 0 Å². The van der Waals surface area contributed by atoms with E-state index < -0.39 is 0 Å². The van der Waals surface area contributed by atoms with Crippen LogP contribution in [0.2, 0.25) is 0 Å². The molecule has 2 rings (SSSR count). The van der Waals surface area contributed by atoms with Crippen LogP contribution < -0.4 is 4.74 Å². The van der Waals surface area contributed by atoms with Crippen LogP contribution in [0.15, 0.2) is 36.4 Å². The second-order valence-corrected chi connectivity index (χ2v) is 6.10. The van der Waals surface area contributed by atoms with Crippen LogP contribution >= 0.6 is 34.2 Å². The molecule has 0 unspecified atom stereocenters. The van der Waals surface area contributed by atoms with E-state index >= 15 is 0 Å². The summed E-state index contributed by atoms with van der Waals surface area (Å²) in [6.07, 6.45) is 0. The fourth-order valence-electron chi connectivity index (χ4n) is 1.63. The Balaban J connectivity index is 2.28. The van der Waals surface area contributed by atoms with Crippen molar-refractivity contribution in [2.24, 2.45) is 0 Å². The zero-order chi connectivity index (χ0) is 13.8. The van der Waals surface area contributed by atoms with Crippen LogP contribution in [0.3, 0.4) is 0 Å². The number of hydrogen-bond donors (Lipinski definition) is 0. The normalized spacial score (nSPS) is 10.8. The van der Waals surface area contributed by atoms with Gasteiger partial charge in [0.1, 0.15) is 5.75 Å². The van der Waals surface area contributed by atoms with E-state index in [2.05, 4.69) is 41.4 Å². The first kappa shape index (κ1) is 14.6. The average molecular weight is 388 g/mol. The van der Waals surface area contributed by atoms with Gasteiger partial charge < -0.3 is 4.74 Å². The maximum Gasteiger partial charge on any atom is 0.219 e. The minimum absolute atomic E-state index is 0.349. The maximum atomic E-state index is 5.91. The van der Waals surface area contributed by atoms with Gasteiger partial charge in [0.2, 0.25) is 5.88 Å². The molecule has 1 aromatic carbocycles. The van der Waals surface area contributed by atoms with Crippen LogP contribution in [0.1, 0.15) is 31.0 Å². The van der Waals surface area contributed by atoms with E-state index in [-0.39, 0.29) is 0 Å². The molecule has 0 saturated heterocycles. The third-order valence-electron chi connectivity index (χ3n) is 2.66. The Labute approximate surface area is 132 Å². The first-order chi connectivity index (χ1) is 9.08. The lowest BCUT2D eigenvalue weighted by Crippen LogP contribution is -1.97. The predicted molar refractivity (Wildman–Crippen MR) is 87.1 cm³/mol. The molecule has 100 valence electrons. The highest BCUT2D eigenvalue weighted by Gasteiger charge is 2.07. The Hall–Kier alpha value is -0.810. The first-order valence-corrected chi connectivity index (χ1v) is 7.70. The third-order valence-corrected chi connectivity index (χ3v) is 3.69. The summed E-state index contributed by atoms with van der Waals surface area (Å²) < 4.78 is 6.97. The summed E-state index contributed by atoms with van der Waals surface area (Å²) in [5, 5.41) is 0. The Morgan fingerprint density at radius 3 is 2.47 bits per heavy atom. The summed E-state index contributed by atoms with van der Waals surface area (Å²) in [4.78, 5) is 4.52. The number of nitrogens with zero attached hydrogens (tertiary/aromatic N) is 1. The van der Waals surface area contributed by atoms with E-state index in [1.54, 1.807) is 0 Å². The molecule has 0 aliphatic carbocycles. The molecule has 4 heteroatoms. The summed E-state index contributed by atoms with van der Waals surface area (Å²) in [7, 11) is 0. The molecule has 2 aromatic rings. The molecule has 0 amide bonds. The molecule has 2 nitrogen and oxygen atoms in total. The number of alkyl halides is 1. The van der Waals surface area contributed by atoms with Crippen molar-refractivity contribution in [3.8, 4) is 11.6 Å². The smallest absolute Gasteiger partial charge is 0.219 e. The number of aromatic nitrogens is 1. The van der Waals surface area contributed by atoms with Gasteiger partial charge in [-0.15, -0.1) is 11.6 Å². The van der Waals surface area contributed by atoms with E-state index in [0.29, 0.717) is 17.7 Å². The molecular formula is C15H15ClINO. The highest BCUT2D eigenvalue weighted by molar-refractivity contribution is 14.1. The van der Waals surface area contributed by atoms with Crippen LogP contribution in [0.4, 0.5) is 0 Å². The molecule has 19 heavy (non-hydrogen) atoms. The van der Waals surface area contributed by atoms with E-state index in [1.807, 2.05) is 36.4 Å². The highest BCUT2D eigenvalue weighted by Crippen LogP contribution is 2.25. The number of halogens is 2. The zero-order valence-electron chi connectivity index (χ0n) is 10.9. The largest absolute Gasteiger partial charge is 0.439 e. The monoisotopic (exact) mass is 387 g/mol. The number of hydrogen-bond acceptors (Lipinski definition) is 2. The molecule has 0 aliphatic rings. The molecule has 0 N–H and O–H groups in total. The second kappa shape index (κ2) is 6.57. The SMILES string of the molecule is CC(C)c1cc(CCl)cc(Oc2ccc(I)cc2)n1. The maximum absolute atomic E-state index is 5.91. The number of rotatable bonds is 4. The van der Waals surface area contributed by atoms with Crippen LogP contribution in [0, 0.1) is 3.57 Å². The lowest BCUT2D eigenvalue weighted by Gasteiger charge is -2.11. The lowest BCUT2D eigenvalue weighted by atomic mass is 10.1. The number of benzene rings is 1. The molecule has 0 aliphatic heterocycles. The van der Waals surface area contributed by atoms with Crippen molar-refractivity contribution in [1.29, 1.82) is 0 Å². The molecule has 0 bridgehead atoms. The van der Waals surface area contributed by atoms with E-state index in [4.69, 9.17) is 16.3 Å². The van der Waals surface area contributed by atoms with Gasteiger partial charge in [0.25, 0.3) is 0 Å². The molecule has 0 fully saturated rings. The van der Waals surface area contributed by atoms with Gasteiger partial charge in [-0.2, -0.15) is 0 Å². The summed E-state index contributed by atoms with van der Waals surface area (Å²) in [6.45, 7) is 4.21. The summed E-state index contributed by atoms with van der Waals surface area (Å²) in [6, 6.07) is 11.8. The van der Waals surface area contributed by atoms with Crippen LogP contribution in [-0.2, 0) is 5.88 Å². The van der Waals surface area contributed by atoms with E-state index in [9.17, 15) is 0 Å². The highest BCUT2D eigenvalue weighted by atomic mass is 127. The van der Waals surface area contributed by atoms with Crippen LogP contribution in [0.5, 0.6) is 11.6 Å². The van der Waals surface area contributed by atoms with Crippen molar-refractivity contribution in [3.05, 3.63) is 51.2 Å². The van der Waals surface area contributed by atoms with Gasteiger partial charge in [-0.05, 0) is 64.4 Å². The van der Waals surface area contributed by atoms with Crippen molar-refractivity contribution in [3.63, 3.8) is 0 Å². The number of ether oxygens (including phenoxy) is 1. The standard InChI is InChI=1S/C15H15ClINO/c1-10(2)14-7-11(9-16)8-15(18-14)19-13-5-3-12(17)4-6-13/h3-8,10H,9H2,1-2H3. The summed E-state index contributed by atoms with van der Waals surface area (Å²) >= 11 is 8.18. The number of pyridine rings is 1. The Morgan fingerprint density at radius 2 is 1.89 bits per heavy atom. The molecule has 0 spiro atoms. The van der Waals surface area contributed by atoms with Crippen molar-refractivity contribution < 1.29 is 4.74 Å². The van der Waals surface area contributed by atoms with Gasteiger partial charge in [0.15, 0.2) is 0 Å². The third kappa shape index (κ3) is 4.08. The fraction of sp³-hybridized carbons (Fsp3) is 0.267. The quantitative estimate of drug-likeness (QED) is 0.522. The Bertz CT molecular complexity index is 555. The fourth-order valence-corrected chi connectivity index (χ4v) is 2.14. The minimum atomic E-state index is 0.349. The van der Waals surface area contributed by atoms with E-state index in [1.165, 1.54) is 3.57 Å². The first-order valence-electron chi connectivity index (χ1n) is 6.08. The lowest BCUT2D eigenvalue weighted by molar-refractivity contribution is 0.459. The van der Waals surface area contributed by atoms with Gasteiger partial charge in [0, 0.05) is 21.2 Å². The van der Waals surface area contributed by atoms with Crippen molar-refractivity contribution in [2.45, 2.75) is 25.6 Å². The minimum Gasteiger partial charge on any atom is -0.439 e. The Morgan fingerprint density at radius 1 is 1.21 bits per heavy atom. The van der Waals surface area contributed by atoms with Crippen molar-refractivity contribution >= 4 is 34.2 Å². The molecule has 0 saturated carbocycles. The van der Waals surface area contributed by atoms with Gasteiger partial charge in [-0.3, -0.25) is 0 Å². The molecule has 0 radical (unpaired) electrons. The molecule has 0 atom stereocenters. The zero-order valence-corrected chi connectivity index (χ0v) is 13.8. The van der Waals surface area contributed by atoms with Gasteiger partial charge in [-0.1, -0.05) is 13.8 Å². The van der Waals surface area contributed by atoms with Gasteiger partial charge in [0.05, 0.1) is 0 Å². The average Bonchev–Trinajstić information content (AvgIpc) is 2.41. The topological polar surface area (TPSA) is 22.1 Å². The molecule has 1 aromatic heterocycles. The predicted octanol–water partition coefficient (Wildman–Crippen LogP) is 5.34. The van der Waals surface area contributed by atoms with Crippen molar-refractivity contribution in [1.82, 2.24) is 4.98 Å². The van der Waals surface area contributed by atoms with Gasteiger partial charge in [-0.25, -0.2) is 4.98 Å². The van der Waals surface area contributed by atoms with E-state index in [0.717, 1.165) is 17.0 Å². The summed E-state index contributed by atoms with van der Waals surface area (Å²) in [5.74, 6) is 2.20. The van der Waals surface area contributed by atoms with Crippen LogP contribution in [0.25, 0.3) is 0 Å². The second-order valence-electron chi connectivity index (χ2n) is 4.58. The molecular weight excluding hydrogens is 373 g/mol. The van der Waals surface area contributed by atoms with Crippen molar-refractivity contribution in [2.75, 3.05) is 0 Å². The summed E-state index contributed by atoms with van der Waals surface area (Å²) in [5.41, 5.74) is 2.03.